The number of benzene rings is 2. The van der Waals surface area contributed by atoms with E-state index in [1.54, 1.807) is 49.5 Å². The summed E-state index contributed by atoms with van der Waals surface area (Å²) in [6.07, 6.45) is 4.83. The number of nitrogens with one attached hydrogen (secondary N) is 7. The van der Waals surface area contributed by atoms with E-state index < -0.39 is 126 Å². The van der Waals surface area contributed by atoms with Gasteiger partial charge in [-0.15, -0.1) is 0 Å². The smallest absolute Gasteiger partial charge is 0.327 e. The highest BCUT2D eigenvalue weighted by atomic mass is 16.4. The number of aliphatic hydroxyl groups excluding tert-OH is 1. The summed E-state index contributed by atoms with van der Waals surface area (Å²) in [6.45, 7) is 11.1. The second-order valence-electron chi connectivity index (χ2n) is 19.0. The molecular formula is C53H71N11O12. The molecule has 3 aromatic rings. The number of aliphatic carboxylic acids is 2. The molecule has 410 valence electrons. The zero-order chi connectivity index (χ0) is 56.4. The van der Waals surface area contributed by atoms with E-state index in [-0.39, 0.29) is 37.7 Å². The number of aromatic amines is 1. The Labute approximate surface area is 440 Å². The van der Waals surface area contributed by atoms with Crippen LogP contribution in [0.4, 0.5) is 0 Å². The molecule has 1 aliphatic rings. The normalized spacial score (nSPS) is 24.4. The molecule has 0 radical (unpaired) electrons. The molecule has 14 N–H and O–H groups in total. The number of amides is 7. The van der Waals surface area contributed by atoms with E-state index >= 15 is 0 Å². The monoisotopic (exact) mass is 1050 g/mol. The van der Waals surface area contributed by atoms with Crippen LogP contribution >= 0.6 is 0 Å². The molecular weight excluding hydrogens is 983 g/mol. The Balaban J connectivity index is 1.77. The van der Waals surface area contributed by atoms with Crippen molar-refractivity contribution in [1.29, 1.82) is 0 Å². The predicted molar refractivity (Wildman–Crippen MR) is 282 cm³/mol. The summed E-state index contributed by atoms with van der Waals surface area (Å²) >= 11 is 0. The number of allylic oxidation sites excluding steroid dienone is 2. The van der Waals surface area contributed by atoms with Gasteiger partial charge in [0, 0.05) is 49.5 Å². The fourth-order valence-corrected chi connectivity index (χ4v) is 8.20. The van der Waals surface area contributed by atoms with Gasteiger partial charge in [-0.3, -0.25) is 38.6 Å². The molecule has 0 unspecified atom stereocenters. The number of H-pyrrole nitrogens is 1. The van der Waals surface area contributed by atoms with Gasteiger partial charge in [-0.2, -0.15) is 0 Å². The predicted octanol–water partition coefficient (Wildman–Crippen LogP) is 0.642. The third kappa shape index (κ3) is 17.7. The number of hydrogen-bond donors (Lipinski definition) is 12. The molecule has 1 saturated heterocycles. The van der Waals surface area contributed by atoms with Gasteiger partial charge in [0.2, 0.25) is 35.4 Å². The molecule has 1 aromatic heterocycles. The Hall–Kier alpha value is -8.34. The Morgan fingerprint density at radius 1 is 0.816 bits per heavy atom. The van der Waals surface area contributed by atoms with E-state index in [4.69, 9.17) is 11.5 Å². The summed E-state index contributed by atoms with van der Waals surface area (Å²) in [6, 6.07) is 7.27. The van der Waals surface area contributed by atoms with Crippen LogP contribution in [0.15, 0.2) is 102 Å². The molecule has 4 rings (SSSR count). The number of nitrogens with zero attached hydrogens (tertiary/aromatic N) is 2. The first-order valence-corrected chi connectivity index (χ1v) is 24.8. The number of fused-ring (bicyclic) bond motifs is 1. The number of nitrogens with two attached hydrogens (primary N) is 2. The maximum absolute atomic E-state index is 14.5. The maximum atomic E-state index is 14.5. The fourth-order valence-electron chi connectivity index (χ4n) is 8.20. The van der Waals surface area contributed by atoms with Crippen molar-refractivity contribution < 1.29 is 58.5 Å². The van der Waals surface area contributed by atoms with Crippen LogP contribution in [-0.2, 0) is 56.0 Å². The molecule has 0 spiro atoms. The molecule has 0 aliphatic carbocycles. The molecule has 0 saturated carbocycles. The summed E-state index contributed by atoms with van der Waals surface area (Å²) in [5.41, 5.74) is 13.4. The molecule has 76 heavy (non-hydrogen) atoms. The van der Waals surface area contributed by atoms with E-state index in [0.29, 0.717) is 28.5 Å². The number of carboxylic acid groups (broad SMARTS) is 2. The van der Waals surface area contributed by atoms with Gasteiger partial charge in [0.25, 0.3) is 5.91 Å². The minimum atomic E-state index is -1.95. The SMILES string of the molecule is C=C1C(=O)N[C@H](C)C(=O)N[C@@H](Cc2c[nH]c3ccccc23)C(=O)N[C@@H](C(=O)O)[C@H](C)C(=O)N[C@@H](CCCN=C(N)N)C(=O)N[C@@H](/C=C/C(C)=C/[C@H](C)[C@@H](O)Cc2ccccc2)[C@H](C)C(=O)N[C@@H](C(=O)O)CCC(=O)N1C. The van der Waals surface area contributed by atoms with Crippen molar-refractivity contribution in [3.63, 3.8) is 0 Å². The summed E-state index contributed by atoms with van der Waals surface area (Å²) < 4.78 is 0. The van der Waals surface area contributed by atoms with E-state index in [1.165, 1.54) is 33.9 Å². The van der Waals surface area contributed by atoms with E-state index in [0.717, 1.165) is 10.5 Å². The van der Waals surface area contributed by atoms with Crippen LogP contribution in [0, 0.1) is 17.8 Å². The minimum Gasteiger partial charge on any atom is -0.480 e. The van der Waals surface area contributed by atoms with Crippen LogP contribution in [0.25, 0.3) is 10.9 Å². The fraction of sp³-hybridized carbons (Fsp3) is 0.434. The van der Waals surface area contributed by atoms with Crippen LogP contribution in [-0.4, -0.2) is 140 Å². The van der Waals surface area contributed by atoms with Crippen molar-refractivity contribution in [2.45, 2.75) is 115 Å². The Kier molecular flexibility index (Phi) is 22.5. The van der Waals surface area contributed by atoms with Crippen LogP contribution < -0.4 is 43.4 Å². The minimum absolute atomic E-state index is 0.000597. The average molecular weight is 1050 g/mol. The van der Waals surface area contributed by atoms with Gasteiger partial charge >= 0.3 is 11.9 Å². The summed E-state index contributed by atoms with van der Waals surface area (Å²) in [4.78, 5) is 131. The van der Waals surface area contributed by atoms with Crippen LogP contribution in [0.3, 0.4) is 0 Å². The van der Waals surface area contributed by atoms with Crippen LogP contribution in [0.1, 0.15) is 71.4 Å². The molecule has 1 aliphatic heterocycles. The largest absolute Gasteiger partial charge is 0.480 e. The highest BCUT2D eigenvalue weighted by Gasteiger charge is 2.37. The molecule has 2 heterocycles. The number of likely N-dealkylation sites (N-methyl/N-ethyl adjacent to an activating group) is 1. The number of aliphatic imine (C=N–C) groups is 1. The Bertz CT molecular complexity index is 2700. The van der Waals surface area contributed by atoms with Crippen molar-refractivity contribution in [3.8, 4) is 0 Å². The highest BCUT2D eigenvalue weighted by Crippen LogP contribution is 2.21. The third-order valence-corrected chi connectivity index (χ3v) is 13.1. The topological polar surface area (TPSA) is 370 Å². The van der Waals surface area contributed by atoms with Crippen LogP contribution in [0.5, 0.6) is 0 Å². The lowest BCUT2D eigenvalue weighted by atomic mass is 9.94. The van der Waals surface area contributed by atoms with Gasteiger partial charge in [0.05, 0.1) is 24.0 Å². The zero-order valence-electron chi connectivity index (χ0n) is 43.5. The molecule has 7 amide bonds. The standard InChI is InChI=1S/C53H71N11O12/c1-28(24-29(2)42(65)25-34-14-9-8-10-15-34)19-20-37-30(3)45(67)61-40(51(73)74)21-22-43(66)64(7)33(6)48(70)58-32(5)47(69)62-41(26-35-27-57-38-17-12-11-16-36(35)38)50(72)63-44(52(75)76)31(4)46(68)60-39(49(71)59-37)18-13-23-56-53(54)55/h8-12,14-17,19-20,24,27,29-32,37,39-42,44,57,65H,6,13,18,21-23,25-26H2,1-5,7H3,(H,58,70)(H,59,71)(H,60,68)(H,61,67)(H,62,69)(H,63,72)(H,73,74)(H,75,76)(H4,54,55,56)/b20-19+,28-24+/t29-,30-,31-,32+,37-,39-,40+,41-,42-,44+/m0/s1. The zero-order valence-corrected chi connectivity index (χ0v) is 43.5. The average Bonchev–Trinajstić information content (AvgIpc) is 3.79. The van der Waals surface area contributed by atoms with Crippen molar-refractivity contribution in [1.82, 2.24) is 41.8 Å². The quantitative estimate of drug-likeness (QED) is 0.0347. The van der Waals surface area contributed by atoms with Gasteiger partial charge in [0.1, 0.15) is 35.9 Å². The number of para-hydroxylation sites is 1. The van der Waals surface area contributed by atoms with Crippen molar-refractivity contribution in [2.24, 2.45) is 34.2 Å². The van der Waals surface area contributed by atoms with Gasteiger partial charge in [-0.05, 0) is 56.7 Å². The van der Waals surface area contributed by atoms with Crippen molar-refractivity contribution >= 4 is 70.2 Å². The molecule has 23 nitrogen and oxygen atoms in total. The Morgan fingerprint density at radius 2 is 1.45 bits per heavy atom. The number of rotatable bonds is 14. The summed E-state index contributed by atoms with van der Waals surface area (Å²) in [7, 11) is 1.20. The van der Waals surface area contributed by atoms with Gasteiger partial charge < -0.3 is 68.6 Å². The number of carboxylic acids is 2. The van der Waals surface area contributed by atoms with Crippen molar-refractivity contribution in [2.75, 3.05) is 13.6 Å². The first-order chi connectivity index (χ1) is 35.9. The first kappa shape index (κ1) is 60.2. The van der Waals surface area contributed by atoms with Crippen LogP contribution in [0.2, 0.25) is 0 Å². The number of carbonyl (C=O) groups is 9. The molecule has 2 aromatic carbocycles. The number of aliphatic hydroxyl groups is 1. The Morgan fingerprint density at radius 3 is 2.11 bits per heavy atom. The number of aromatic nitrogens is 1. The molecule has 1 fully saturated rings. The van der Waals surface area contributed by atoms with E-state index in [9.17, 15) is 58.5 Å². The lowest BCUT2D eigenvalue weighted by Crippen LogP contribution is -2.59. The lowest BCUT2D eigenvalue weighted by molar-refractivity contribution is -0.146. The number of guanidine groups is 1. The number of carbonyl (C=O) groups excluding carboxylic acids is 7. The maximum Gasteiger partial charge on any atom is 0.327 e. The van der Waals surface area contributed by atoms with Crippen molar-refractivity contribution in [3.05, 3.63) is 108 Å². The molecule has 0 bridgehead atoms. The highest BCUT2D eigenvalue weighted by molar-refractivity contribution is 6.00. The lowest BCUT2D eigenvalue weighted by Gasteiger charge is -2.28. The van der Waals surface area contributed by atoms with E-state index in [1.807, 2.05) is 37.3 Å². The summed E-state index contributed by atoms with van der Waals surface area (Å²) in [5, 5.41) is 47.5. The first-order valence-electron chi connectivity index (χ1n) is 24.8. The second-order valence-corrected chi connectivity index (χ2v) is 19.0. The van der Waals surface area contributed by atoms with E-state index in [2.05, 4.69) is 48.5 Å². The second kappa shape index (κ2) is 28.4. The summed E-state index contributed by atoms with van der Waals surface area (Å²) in [5.74, 6) is -13.0. The van der Waals surface area contributed by atoms with Gasteiger partial charge in [-0.25, -0.2) is 9.59 Å². The molecule has 10 atom stereocenters. The number of hydrogen-bond acceptors (Lipinski definition) is 11. The molecule has 23 heteroatoms. The van der Waals surface area contributed by atoms with Gasteiger partial charge in [0.15, 0.2) is 5.96 Å². The van der Waals surface area contributed by atoms with Gasteiger partial charge in [-0.1, -0.05) is 99.7 Å². The third-order valence-electron chi connectivity index (χ3n) is 13.1.